The number of hydrogen-bond donors (Lipinski definition) is 0. The Bertz CT molecular complexity index is 1240. The van der Waals surface area contributed by atoms with Gasteiger partial charge < -0.3 is 19.1 Å². The van der Waals surface area contributed by atoms with E-state index in [0.717, 1.165) is 47.3 Å². The van der Waals surface area contributed by atoms with Crippen LogP contribution in [0.4, 0.5) is 9.18 Å². The molecule has 0 N–H and O–H groups in total. The molecule has 3 aromatic rings. The fourth-order valence-corrected chi connectivity index (χ4v) is 4.88. The van der Waals surface area contributed by atoms with Crippen LogP contribution >= 0.6 is 0 Å². The maximum absolute atomic E-state index is 13.7. The first-order valence-electron chi connectivity index (χ1n) is 13.9. The minimum atomic E-state index is -0.523. The summed E-state index contributed by atoms with van der Waals surface area (Å²) >= 11 is 0. The molecule has 0 aliphatic carbocycles. The average Bonchev–Trinajstić information content (AvgIpc) is 2.92. The van der Waals surface area contributed by atoms with Crippen molar-refractivity contribution in [1.82, 2.24) is 4.90 Å². The summed E-state index contributed by atoms with van der Waals surface area (Å²) in [6.45, 7) is 11.5. The largest absolute Gasteiger partial charge is 0.490 e. The highest BCUT2D eigenvalue weighted by atomic mass is 19.1. The van der Waals surface area contributed by atoms with Gasteiger partial charge in [-0.05, 0) is 81.8 Å². The van der Waals surface area contributed by atoms with Crippen molar-refractivity contribution < 1.29 is 23.4 Å². The van der Waals surface area contributed by atoms with Crippen molar-refractivity contribution >= 4 is 6.09 Å². The molecule has 3 aromatic carbocycles. The molecule has 1 heterocycles. The second kappa shape index (κ2) is 12.5. The zero-order valence-electron chi connectivity index (χ0n) is 23.7. The molecule has 1 aliphatic heterocycles. The highest BCUT2D eigenvalue weighted by Gasteiger charge is 2.31. The third kappa shape index (κ3) is 7.75. The number of piperidine rings is 1. The zero-order valence-corrected chi connectivity index (χ0v) is 23.7. The summed E-state index contributed by atoms with van der Waals surface area (Å²) in [5, 5.41) is 0. The highest BCUT2D eigenvalue weighted by molar-refractivity contribution is 5.73. The lowest BCUT2D eigenvalue weighted by molar-refractivity contribution is 0.00793. The molecular weight excluding hydrogens is 493 g/mol. The molecule has 1 amide bonds. The van der Waals surface area contributed by atoms with E-state index >= 15 is 0 Å². The van der Waals surface area contributed by atoms with Crippen LogP contribution < -0.4 is 9.47 Å². The molecule has 2 atom stereocenters. The summed E-state index contributed by atoms with van der Waals surface area (Å²) in [5.41, 5.74) is 3.37. The minimum Gasteiger partial charge on any atom is -0.490 e. The average molecular weight is 534 g/mol. The van der Waals surface area contributed by atoms with Gasteiger partial charge in [-0.3, -0.25) is 0 Å². The molecular formula is C33H40FNO4. The number of halogens is 1. The number of amides is 1. The van der Waals surface area contributed by atoms with Crippen LogP contribution in [0.2, 0.25) is 0 Å². The molecule has 1 aliphatic rings. The van der Waals surface area contributed by atoms with Crippen molar-refractivity contribution in [3.05, 3.63) is 83.7 Å². The van der Waals surface area contributed by atoms with Crippen LogP contribution in [0.1, 0.15) is 58.6 Å². The molecule has 4 rings (SSSR count). The Kier molecular flexibility index (Phi) is 9.16. The smallest absolute Gasteiger partial charge is 0.410 e. The Balaban J connectivity index is 1.57. The van der Waals surface area contributed by atoms with Crippen LogP contribution in [0.25, 0.3) is 11.1 Å². The van der Waals surface area contributed by atoms with Crippen LogP contribution in [0, 0.1) is 11.7 Å². The predicted molar refractivity (Wildman–Crippen MR) is 153 cm³/mol. The fraction of sp³-hybridized carbons (Fsp3) is 0.424. The molecule has 0 saturated carbocycles. The van der Waals surface area contributed by atoms with Crippen LogP contribution in [0.5, 0.6) is 11.5 Å². The number of ether oxygens (including phenoxy) is 3. The molecule has 39 heavy (non-hydrogen) atoms. The molecule has 5 nitrogen and oxygen atoms in total. The van der Waals surface area contributed by atoms with Crippen LogP contribution in [0.15, 0.2) is 66.7 Å². The first-order chi connectivity index (χ1) is 18.6. The summed E-state index contributed by atoms with van der Waals surface area (Å²) in [7, 11) is 0. The van der Waals surface area contributed by atoms with Gasteiger partial charge in [-0.1, -0.05) is 49.4 Å². The minimum absolute atomic E-state index is 0.112. The zero-order chi connectivity index (χ0) is 28.0. The highest BCUT2D eigenvalue weighted by Crippen LogP contribution is 2.38. The molecule has 0 bridgehead atoms. The molecule has 6 heteroatoms. The fourth-order valence-electron chi connectivity index (χ4n) is 4.88. The molecule has 1 fully saturated rings. The van der Waals surface area contributed by atoms with Crippen molar-refractivity contribution in [2.75, 3.05) is 13.1 Å². The first kappa shape index (κ1) is 28.5. The Morgan fingerprint density at radius 1 is 1.05 bits per heavy atom. The van der Waals surface area contributed by atoms with Gasteiger partial charge in [0.1, 0.15) is 35.6 Å². The summed E-state index contributed by atoms with van der Waals surface area (Å²) in [6, 6.07) is 20.5. The topological polar surface area (TPSA) is 48.0 Å². The number of carbonyl (C=O) groups is 1. The van der Waals surface area contributed by atoms with E-state index in [1.54, 1.807) is 17.0 Å². The number of hydrogen-bond acceptors (Lipinski definition) is 4. The summed E-state index contributed by atoms with van der Waals surface area (Å²) < 4.78 is 32.2. The lowest BCUT2D eigenvalue weighted by Gasteiger charge is -2.36. The second-order valence-electron chi connectivity index (χ2n) is 11.2. The third-order valence-corrected chi connectivity index (χ3v) is 7.02. The molecule has 1 saturated heterocycles. The monoisotopic (exact) mass is 533 g/mol. The third-order valence-electron chi connectivity index (χ3n) is 7.02. The van der Waals surface area contributed by atoms with Gasteiger partial charge in [-0.15, -0.1) is 0 Å². The van der Waals surface area contributed by atoms with Crippen LogP contribution in [-0.4, -0.2) is 35.8 Å². The van der Waals surface area contributed by atoms with Crippen LogP contribution in [0.3, 0.4) is 0 Å². The van der Waals surface area contributed by atoms with Crippen molar-refractivity contribution in [2.45, 2.75) is 72.2 Å². The maximum Gasteiger partial charge on any atom is 0.410 e. The standard InChI is InChI=1S/C33H40FNO4/c1-6-25-19-29(26-14-16-28(34)17-15-26)31(37-22-24-11-8-7-9-12-24)20-30(25)38-23(2)27-13-10-18-35(21-27)32(36)39-33(3,4)5/h7-9,11-12,14-17,19-20,23,27H,6,10,13,18,21-22H2,1-5H3. The summed E-state index contributed by atoms with van der Waals surface area (Å²) in [4.78, 5) is 14.5. The van der Waals surface area contributed by atoms with Gasteiger partial charge >= 0.3 is 6.09 Å². The Morgan fingerprint density at radius 3 is 2.44 bits per heavy atom. The summed E-state index contributed by atoms with van der Waals surface area (Å²) in [6.07, 6.45) is 2.28. The van der Waals surface area contributed by atoms with Crippen molar-refractivity contribution in [3.63, 3.8) is 0 Å². The normalized spacial score (nSPS) is 16.5. The number of carbonyl (C=O) groups excluding carboxylic acids is 1. The van der Waals surface area contributed by atoms with Crippen LogP contribution in [-0.2, 0) is 17.8 Å². The van der Waals surface area contributed by atoms with Gasteiger partial charge in [0.25, 0.3) is 0 Å². The maximum atomic E-state index is 13.7. The SMILES string of the molecule is CCc1cc(-c2ccc(F)cc2)c(OCc2ccccc2)cc1OC(C)C1CCCN(C(=O)OC(C)(C)C)C1. The van der Waals surface area contributed by atoms with Gasteiger partial charge in [-0.2, -0.15) is 0 Å². The molecule has 0 spiro atoms. The number of likely N-dealkylation sites (tertiary alicyclic amines) is 1. The van der Waals surface area contributed by atoms with Crippen molar-refractivity contribution in [1.29, 1.82) is 0 Å². The Labute approximate surface area is 231 Å². The number of nitrogens with zero attached hydrogens (tertiary/aromatic N) is 1. The quantitative estimate of drug-likeness (QED) is 0.294. The summed E-state index contributed by atoms with van der Waals surface area (Å²) in [5.74, 6) is 1.36. The van der Waals surface area contributed by atoms with Gasteiger partial charge in [0.05, 0.1) is 0 Å². The van der Waals surface area contributed by atoms with E-state index in [4.69, 9.17) is 14.2 Å². The first-order valence-corrected chi connectivity index (χ1v) is 13.9. The van der Waals surface area contributed by atoms with E-state index in [1.807, 2.05) is 57.2 Å². The molecule has 208 valence electrons. The van der Waals surface area contributed by atoms with Gasteiger partial charge in [0, 0.05) is 30.6 Å². The van der Waals surface area contributed by atoms with E-state index in [0.29, 0.717) is 25.4 Å². The lowest BCUT2D eigenvalue weighted by atomic mass is 9.93. The molecule has 0 radical (unpaired) electrons. The predicted octanol–water partition coefficient (Wildman–Crippen LogP) is 8.05. The molecule has 2 unspecified atom stereocenters. The number of aryl methyl sites for hydroxylation is 1. The number of rotatable bonds is 8. The lowest BCUT2D eigenvalue weighted by Crippen LogP contribution is -2.46. The number of benzene rings is 3. The van der Waals surface area contributed by atoms with Gasteiger partial charge in [0.15, 0.2) is 0 Å². The second-order valence-corrected chi connectivity index (χ2v) is 11.2. The van der Waals surface area contributed by atoms with E-state index in [1.165, 1.54) is 12.1 Å². The molecule has 0 aromatic heterocycles. The van der Waals surface area contributed by atoms with E-state index in [2.05, 4.69) is 19.9 Å². The van der Waals surface area contributed by atoms with E-state index in [-0.39, 0.29) is 23.9 Å². The Morgan fingerprint density at radius 2 is 1.77 bits per heavy atom. The van der Waals surface area contributed by atoms with Gasteiger partial charge in [-0.25, -0.2) is 9.18 Å². The van der Waals surface area contributed by atoms with Crippen molar-refractivity contribution in [2.24, 2.45) is 5.92 Å². The van der Waals surface area contributed by atoms with Crippen molar-refractivity contribution in [3.8, 4) is 22.6 Å². The van der Waals surface area contributed by atoms with E-state index in [9.17, 15) is 9.18 Å². The van der Waals surface area contributed by atoms with Gasteiger partial charge in [0.2, 0.25) is 0 Å². The van der Waals surface area contributed by atoms with E-state index < -0.39 is 5.60 Å². The Hall–Kier alpha value is -3.54.